The van der Waals surface area contributed by atoms with E-state index < -0.39 is 41.4 Å². The minimum Gasteiger partial charge on any atom is -0.351 e. The van der Waals surface area contributed by atoms with Gasteiger partial charge in [0.15, 0.2) is 0 Å². The van der Waals surface area contributed by atoms with Gasteiger partial charge in [-0.15, -0.1) is 0 Å². The van der Waals surface area contributed by atoms with Crippen LogP contribution in [-0.4, -0.2) is 23.6 Å². The number of carbonyl (C=O) groups excluding carboxylic acids is 4. The fourth-order valence-electron chi connectivity index (χ4n) is 5.45. The number of benzene rings is 4. The van der Waals surface area contributed by atoms with Crippen molar-refractivity contribution in [2.75, 3.05) is 0 Å². The Hall–Kier alpha value is -5.24. The number of amides is 4. The lowest BCUT2D eigenvalue weighted by atomic mass is 9.76. The molecule has 8 nitrogen and oxygen atoms in total. The monoisotopic (exact) mass is 618 g/mol. The van der Waals surface area contributed by atoms with Crippen molar-refractivity contribution in [2.24, 2.45) is 17.8 Å². The molecule has 0 aliphatic carbocycles. The van der Waals surface area contributed by atoms with E-state index >= 15 is 0 Å². The summed E-state index contributed by atoms with van der Waals surface area (Å²) in [5.74, 6) is -5.67. The van der Waals surface area contributed by atoms with Gasteiger partial charge >= 0.3 is 0 Å². The first kappa shape index (κ1) is 33.6. The van der Waals surface area contributed by atoms with Crippen molar-refractivity contribution in [1.29, 1.82) is 0 Å². The molecule has 8 heteroatoms. The summed E-state index contributed by atoms with van der Waals surface area (Å²) in [6.07, 6.45) is 0.845. The third-order valence-corrected chi connectivity index (χ3v) is 7.85. The van der Waals surface area contributed by atoms with Crippen LogP contribution in [0.4, 0.5) is 0 Å². The molecule has 4 amide bonds. The predicted molar refractivity (Wildman–Crippen MR) is 179 cm³/mol. The fraction of sp³-hybridized carbons (Fsp3) is 0.263. The number of carbonyl (C=O) groups is 4. The molecule has 0 aliphatic rings. The maximum atomic E-state index is 14.0. The molecule has 0 heterocycles. The molecule has 46 heavy (non-hydrogen) atoms. The molecular weight excluding hydrogens is 576 g/mol. The van der Waals surface area contributed by atoms with Gasteiger partial charge in [0.2, 0.25) is 23.6 Å². The molecule has 0 fully saturated rings. The van der Waals surface area contributed by atoms with Gasteiger partial charge in [-0.1, -0.05) is 135 Å². The lowest BCUT2D eigenvalue weighted by molar-refractivity contribution is -0.144. The van der Waals surface area contributed by atoms with Gasteiger partial charge in [-0.3, -0.25) is 19.2 Å². The van der Waals surface area contributed by atoms with Crippen LogP contribution < -0.4 is 21.3 Å². The first-order valence-corrected chi connectivity index (χ1v) is 15.7. The lowest BCUT2D eigenvalue weighted by Gasteiger charge is -2.31. The van der Waals surface area contributed by atoms with Crippen molar-refractivity contribution in [3.63, 3.8) is 0 Å². The molecule has 0 aliphatic heterocycles. The van der Waals surface area contributed by atoms with E-state index in [1.54, 1.807) is 0 Å². The number of rotatable bonds is 16. The Labute approximate surface area is 271 Å². The highest BCUT2D eigenvalue weighted by Crippen LogP contribution is 2.29. The average Bonchev–Trinajstić information content (AvgIpc) is 3.10. The van der Waals surface area contributed by atoms with Crippen LogP contribution >= 0.6 is 0 Å². The second-order valence-electron chi connectivity index (χ2n) is 11.2. The number of hydrogen-bond acceptors (Lipinski definition) is 4. The summed E-state index contributed by atoms with van der Waals surface area (Å²) in [5.41, 5.74) is 3.46. The Morgan fingerprint density at radius 1 is 0.435 bits per heavy atom. The van der Waals surface area contributed by atoms with Crippen molar-refractivity contribution in [1.82, 2.24) is 21.3 Å². The second kappa shape index (κ2) is 17.9. The number of hydrogen-bond donors (Lipinski definition) is 4. The lowest BCUT2D eigenvalue weighted by Crippen LogP contribution is -2.53. The summed E-state index contributed by atoms with van der Waals surface area (Å²) in [7, 11) is 0. The Morgan fingerprint density at radius 2 is 0.674 bits per heavy atom. The van der Waals surface area contributed by atoms with Gasteiger partial charge in [0.1, 0.15) is 11.8 Å². The molecule has 0 radical (unpaired) electrons. The Morgan fingerprint density at radius 3 is 0.891 bits per heavy atom. The van der Waals surface area contributed by atoms with Crippen molar-refractivity contribution in [3.8, 4) is 0 Å². The van der Waals surface area contributed by atoms with Crippen LogP contribution in [0.5, 0.6) is 0 Å². The highest BCUT2D eigenvalue weighted by molar-refractivity contribution is 6.05. The second-order valence-corrected chi connectivity index (χ2v) is 11.2. The molecule has 0 spiro atoms. The topological polar surface area (TPSA) is 116 Å². The third kappa shape index (κ3) is 10.2. The summed E-state index contributed by atoms with van der Waals surface area (Å²) in [4.78, 5) is 55.8. The zero-order valence-corrected chi connectivity index (χ0v) is 26.2. The molecule has 4 N–H and O–H groups in total. The Kier molecular flexibility index (Phi) is 13.1. The quantitative estimate of drug-likeness (QED) is 0.134. The smallest absolute Gasteiger partial charge is 0.233 e. The van der Waals surface area contributed by atoms with Gasteiger partial charge < -0.3 is 21.3 Å². The van der Waals surface area contributed by atoms with Gasteiger partial charge in [-0.2, -0.15) is 0 Å². The van der Waals surface area contributed by atoms with Gasteiger partial charge in [0.25, 0.3) is 0 Å². The predicted octanol–water partition coefficient (Wildman–Crippen LogP) is 4.90. The SMILES string of the molecule is CCCC(C(C(=O)NCc1ccccc1)C(=O)NCc1ccccc1)C(C(=O)NCc1ccccc1)C(=O)NCc1ccccc1. The van der Waals surface area contributed by atoms with E-state index in [0.717, 1.165) is 22.3 Å². The standard InChI is InChI=1S/C38H42N4O4/c1-2-15-32(33(35(43)39-24-28-16-7-3-8-17-28)36(44)40-25-29-18-9-4-10-19-29)34(37(45)41-26-30-20-11-5-12-21-30)38(46)42-27-31-22-13-6-14-23-31/h3-14,16-23,32-34H,2,15,24-27H2,1H3,(H,39,43)(H,40,44)(H,41,45)(H,42,46). The molecular formula is C38H42N4O4. The van der Waals surface area contributed by atoms with E-state index in [4.69, 9.17) is 0 Å². The molecule has 4 rings (SSSR count). The maximum absolute atomic E-state index is 14.0. The summed E-state index contributed by atoms with van der Waals surface area (Å²) >= 11 is 0. The summed E-state index contributed by atoms with van der Waals surface area (Å²) < 4.78 is 0. The third-order valence-electron chi connectivity index (χ3n) is 7.85. The first-order chi connectivity index (χ1) is 22.5. The van der Waals surface area contributed by atoms with Crippen molar-refractivity contribution >= 4 is 23.6 Å². The fourth-order valence-corrected chi connectivity index (χ4v) is 5.45. The molecule has 0 saturated carbocycles. The normalized spacial score (nSPS) is 10.9. The highest BCUT2D eigenvalue weighted by Gasteiger charge is 2.45. The van der Waals surface area contributed by atoms with E-state index in [9.17, 15) is 19.2 Å². The van der Waals surface area contributed by atoms with Gasteiger partial charge in [0.05, 0.1) is 0 Å². The molecule has 0 aromatic heterocycles. The van der Waals surface area contributed by atoms with E-state index in [0.29, 0.717) is 12.8 Å². The Bertz CT molecular complexity index is 1310. The summed E-state index contributed by atoms with van der Waals surface area (Å²) in [6, 6.07) is 37.5. The summed E-state index contributed by atoms with van der Waals surface area (Å²) in [6.45, 7) is 2.71. The molecule has 4 aromatic rings. The van der Waals surface area contributed by atoms with Crippen LogP contribution in [-0.2, 0) is 45.4 Å². The van der Waals surface area contributed by atoms with Crippen LogP contribution in [0.1, 0.15) is 42.0 Å². The Balaban J connectivity index is 1.64. The maximum Gasteiger partial charge on any atom is 0.233 e. The van der Waals surface area contributed by atoms with Crippen molar-refractivity contribution < 1.29 is 19.2 Å². The highest BCUT2D eigenvalue weighted by atomic mass is 16.2. The van der Waals surface area contributed by atoms with Gasteiger partial charge in [-0.25, -0.2) is 0 Å². The first-order valence-electron chi connectivity index (χ1n) is 15.7. The molecule has 0 saturated heterocycles. The average molecular weight is 619 g/mol. The van der Waals surface area contributed by atoms with Crippen molar-refractivity contribution in [2.45, 2.75) is 45.9 Å². The van der Waals surface area contributed by atoms with E-state index in [1.807, 2.05) is 128 Å². The minimum atomic E-state index is -1.30. The van der Waals surface area contributed by atoms with E-state index in [-0.39, 0.29) is 26.2 Å². The molecule has 238 valence electrons. The van der Waals surface area contributed by atoms with Gasteiger partial charge in [0, 0.05) is 26.2 Å². The molecule has 0 atom stereocenters. The largest absolute Gasteiger partial charge is 0.351 e. The molecule has 0 bridgehead atoms. The summed E-state index contributed by atoms with van der Waals surface area (Å²) in [5, 5.41) is 11.6. The van der Waals surface area contributed by atoms with Crippen LogP contribution in [0.15, 0.2) is 121 Å². The zero-order chi connectivity index (χ0) is 32.6. The van der Waals surface area contributed by atoms with Crippen LogP contribution in [0.25, 0.3) is 0 Å². The minimum absolute atomic E-state index is 0.200. The zero-order valence-electron chi connectivity index (χ0n) is 26.2. The van der Waals surface area contributed by atoms with E-state index in [2.05, 4.69) is 21.3 Å². The molecule has 4 aromatic carbocycles. The van der Waals surface area contributed by atoms with E-state index in [1.165, 1.54) is 0 Å². The number of nitrogens with one attached hydrogen (secondary N) is 4. The van der Waals surface area contributed by atoms with Crippen molar-refractivity contribution in [3.05, 3.63) is 144 Å². The van der Waals surface area contributed by atoms with Gasteiger partial charge in [-0.05, 0) is 34.6 Å². The van der Waals surface area contributed by atoms with Crippen LogP contribution in [0.3, 0.4) is 0 Å². The van der Waals surface area contributed by atoms with Crippen LogP contribution in [0.2, 0.25) is 0 Å². The molecule has 0 unspecified atom stereocenters. The van der Waals surface area contributed by atoms with Crippen LogP contribution in [0, 0.1) is 17.8 Å².